The Morgan fingerprint density at radius 1 is 0.640 bits per heavy atom. The standard InChI is InChI=1S/C36H54N4O10/c1-5-7-9-25-37(3)31(15-11-13-27-17-21-29(22-18-27)39(45)46)49-35(43)33(41)34(42)36(44)50-32(38(4)26-10-8-6-2)16-12-14-28-19-23-30(24-20-28)40(47)48/h17-24,31-34,41-42H,5-16,25-26H2,1-4H3. The van der Waals surface area contributed by atoms with Gasteiger partial charge in [0.2, 0.25) is 0 Å². The molecular weight excluding hydrogens is 648 g/mol. The van der Waals surface area contributed by atoms with Gasteiger partial charge >= 0.3 is 11.9 Å². The lowest BCUT2D eigenvalue weighted by Gasteiger charge is -2.30. The molecule has 0 spiro atoms. The molecule has 0 radical (unpaired) electrons. The summed E-state index contributed by atoms with van der Waals surface area (Å²) in [5, 5.41) is 43.4. The van der Waals surface area contributed by atoms with Crippen LogP contribution in [-0.4, -0.2) is 93.6 Å². The van der Waals surface area contributed by atoms with Crippen LogP contribution < -0.4 is 0 Å². The maximum absolute atomic E-state index is 13.1. The summed E-state index contributed by atoms with van der Waals surface area (Å²) < 4.78 is 11.3. The molecule has 0 fully saturated rings. The van der Waals surface area contributed by atoms with Gasteiger partial charge in [0.1, 0.15) is 0 Å². The number of aliphatic hydroxyl groups is 2. The number of aryl methyl sites for hydroxylation is 2. The fourth-order valence-electron chi connectivity index (χ4n) is 5.44. The predicted octanol–water partition coefficient (Wildman–Crippen LogP) is 5.55. The summed E-state index contributed by atoms with van der Waals surface area (Å²) in [4.78, 5) is 50.9. The molecular formula is C36H54N4O10. The van der Waals surface area contributed by atoms with Gasteiger partial charge in [-0.15, -0.1) is 0 Å². The van der Waals surface area contributed by atoms with E-state index in [9.17, 15) is 40.0 Å². The van der Waals surface area contributed by atoms with Crippen molar-refractivity contribution in [1.29, 1.82) is 0 Å². The molecule has 0 saturated heterocycles. The number of ether oxygens (including phenoxy) is 2. The van der Waals surface area contributed by atoms with Gasteiger partial charge in [-0.25, -0.2) is 9.59 Å². The van der Waals surface area contributed by atoms with Gasteiger partial charge in [0.05, 0.1) is 9.85 Å². The molecule has 2 N–H and O–H groups in total. The molecule has 0 aromatic heterocycles. The van der Waals surface area contributed by atoms with E-state index in [1.165, 1.54) is 24.3 Å². The van der Waals surface area contributed by atoms with Crippen molar-refractivity contribution in [2.24, 2.45) is 0 Å². The normalized spacial score (nSPS) is 13.8. The molecule has 2 rings (SSSR count). The number of nitro groups is 2. The summed E-state index contributed by atoms with van der Waals surface area (Å²) in [6.45, 7) is 5.39. The number of carbonyl (C=O) groups excluding carboxylic acids is 2. The topological polar surface area (TPSA) is 186 Å². The summed E-state index contributed by atoms with van der Waals surface area (Å²) in [5.74, 6) is -2.30. The minimum atomic E-state index is -2.17. The Morgan fingerprint density at radius 3 is 1.28 bits per heavy atom. The number of nitrogens with zero attached hydrogens (tertiary/aromatic N) is 4. The molecule has 2 aromatic carbocycles. The quantitative estimate of drug-likeness (QED) is 0.0433. The van der Waals surface area contributed by atoms with E-state index in [1.807, 2.05) is 9.80 Å². The van der Waals surface area contributed by atoms with Crippen LogP contribution in [-0.2, 0) is 31.9 Å². The third-order valence-electron chi connectivity index (χ3n) is 8.63. The SMILES string of the molecule is CCCCCN(C)C(CCCc1ccc([N+](=O)[O-])cc1)OC(=O)C(O)C(O)C(=O)OC(CCCc1ccc([N+](=O)[O-])cc1)N(C)CCCCC. The number of rotatable bonds is 25. The molecule has 14 heteroatoms. The minimum Gasteiger partial charge on any atom is -0.444 e. The first kappa shape index (κ1) is 42.2. The maximum Gasteiger partial charge on any atom is 0.339 e. The molecule has 278 valence electrons. The molecule has 0 bridgehead atoms. The van der Waals surface area contributed by atoms with Gasteiger partial charge in [0, 0.05) is 37.4 Å². The van der Waals surface area contributed by atoms with Crippen molar-refractivity contribution < 1.29 is 39.1 Å². The van der Waals surface area contributed by atoms with Gasteiger partial charge in [-0.05, 0) is 76.6 Å². The van der Waals surface area contributed by atoms with Crippen molar-refractivity contribution in [3.63, 3.8) is 0 Å². The van der Waals surface area contributed by atoms with Crippen molar-refractivity contribution in [3.05, 3.63) is 79.9 Å². The van der Waals surface area contributed by atoms with Crippen LogP contribution >= 0.6 is 0 Å². The Kier molecular flexibility index (Phi) is 19.1. The van der Waals surface area contributed by atoms with Gasteiger partial charge in [0.25, 0.3) is 11.4 Å². The highest BCUT2D eigenvalue weighted by Gasteiger charge is 2.36. The first-order chi connectivity index (χ1) is 23.9. The first-order valence-corrected chi connectivity index (χ1v) is 17.5. The van der Waals surface area contributed by atoms with Crippen LogP contribution in [0.3, 0.4) is 0 Å². The van der Waals surface area contributed by atoms with Crippen LogP contribution in [0.25, 0.3) is 0 Å². The van der Waals surface area contributed by atoms with Crippen LogP contribution in [0, 0.1) is 20.2 Å². The third kappa shape index (κ3) is 14.9. The molecule has 4 atom stereocenters. The van der Waals surface area contributed by atoms with Crippen molar-refractivity contribution in [2.75, 3.05) is 27.2 Å². The number of benzene rings is 2. The van der Waals surface area contributed by atoms with Gasteiger partial charge in [-0.2, -0.15) is 0 Å². The Balaban J connectivity index is 2.04. The second-order valence-corrected chi connectivity index (χ2v) is 12.7. The van der Waals surface area contributed by atoms with Crippen molar-refractivity contribution >= 4 is 23.3 Å². The van der Waals surface area contributed by atoms with E-state index in [-0.39, 0.29) is 11.4 Å². The minimum absolute atomic E-state index is 0.000933. The molecule has 0 aliphatic rings. The molecule has 0 aliphatic heterocycles. The molecule has 2 aromatic rings. The predicted molar refractivity (Wildman–Crippen MR) is 188 cm³/mol. The summed E-state index contributed by atoms with van der Waals surface area (Å²) >= 11 is 0. The molecule has 0 heterocycles. The highest BCUT2D eigenvalue weighted by molar-refractivity contribution is 5.85. The van der Waals surface area contributed by atoms with Gasteiger partial charge in [-0.3, -0.25) is 30.0 Å². The van der Waals surface area contributed by atoms with Crippen LogP contribution in [0.4, 0.5) is 11.4 Å². The second kappa shape index (κ2) is 22.7. The molecule has 50 heavy (non-hydrogen) atoms. The zero-order chi connectivity index (χ0) is 37.1. The van der Waals surface area contributed by atoms with Crippen molar-refractivity contribution in [2.45, 2.75) is 116 Å². The fraction of sp³-hybridized carbons (Fsp3) is 0.611. The number of non-ortho nitro benzene ring substituents is 2. The van der Waals surface area contributed by atoms with E-state index in [4.69, 9.17) is 9.47 Å². The second-order valence-electron chi connectivity index (χ2n) is 12.7. The maximum atomic E-state index is 13.1. The van der Waals surface area contributed by atoms with Crippen molar-refractivity contribution in [3.8, 4) is 0 Å². The molecule has 4 unspecified atom stereocenters. The van der Waals surface area contributed by atoms with Crippen LogP contribution in [0.5, 0.6) is 0 Å². The Morgan fingerprint density at radius 2 is 0.980 bits per heavy atom. The lowest BCUT2D eigenvalue weighted by Crippen LogP contribution is -2.47. The lowest BCUT2D eigenvalue weighted by molar-refractivity contribution is -0.385. The number of unbranched alkanes of at least 4 members (excludes halogenated alkanes) is 4. The summed E-state index contributed by atoms with van der Waals surface area (Å²) in [5.41, 5.74) is 1.77. The molecule has 14 nitrogen and oxygen atoms in total. The van der Waals surface area contributed by atoms with Crippen LogP contribution in [0.1, 0.15) is 89.2 Å². The van der Waals surface area contributed by atoms with Gasteiger partial charge in [-0.1, -0.05) is 63.8 Å². The van der Waals surface area contributed by atoms with Gasteiger partial charge < -0.3 is 19.7 Å². The molecule has 0 aliphatic carbocycles. The van der Waals surface area contributed by atoms with E-state index in [0.29, 0.717) is 51.6 Å². The average molecular weight is 703 g/mol. The van der Waals surface area contributed by atoms with E-state index >= 15 is 0 Å². The molecule has 0 amide bonds. The van der Waals surface area contributed by atoms with Crippen LogP contribution in [0.15, 0.2) is 48.5 Å². The van der Waals surface area contributed by atoms with Crippen molar-refractivity contribution in [1.82, 2.24) is 9.80 Å². The number of aliphatic hydroxyl groups excluding tert-OH is 2. The van der Waals surface area contributed by atoms with Crippen LogP contribution in [0.2, 0.25) is 0 Å². The largest absolute Gasteiger partial charge is 0.444 e. The summed E-state index contributed by atoms with van der Waals surface area (Å²) in [7, 11) is 3.60. The first-order valence-electron chi connectivity index (χ1n) is 17.5. The van der Waals surface area contributed by atoms with Gasteiger partial charge in [0.15, 0.2) is 24.7 Å². The zero-order valence-electron chi connectivity index (χ0n) is 29.8. The monoisotopic (exact) mass is 702 g/mol. The van der Waals surface area contributed by atoms with E-state index < -0.39 is 46.4 Å². The fourth-order valence-corrected chi connectivity index (χ4v) is 5.44. The number of hydrogen-bond donors (Lipinski definition) is 2. The number of hydrogen-bond acceptors (Lipinski definition) is 12. The molecule has 0 saturated carbocycles. The Bertz CT molecular complexity index is 1220. The lowest BCUT2D eigenvalue weighted by atomic mass is 10.1. The van der Waals surface area contributed by atoms with E-state index in [2.05, 4.69) is 13.8 Å². The highest BCUT2D eigenvalue weighted by atomic mass is 16.6. The Labute approximate surface area is 294 Å². The number of esters is 2. The Hall–Kier alpha value is -3.98. The number of nitro benzene ring substituents is 2. The van der Waals surface area contributed by atoms with E-state index in [0.717, 1.165) is 49.7 Å². The number of carbonyl (C=O) groups is 2. The third-order valence-corrected chi connectivity index (χ3v) is 8.63. The highest BCUT2D eigenvalue weighted by Crippen LogP contribution is 2.19. The smallest absolute Gasteiger partial charge is 0.339 e. The average Bonchev–Trinajstić information content (AvgIpc) is 3.10. The summed E-state index contributed by atoms with van der Waals surface area (Å²) in [6, 6.07) is 12.5. The summed E-state index contributed by atoms with van der Waals surface area (Å²) in [6.07, 6.45) is 2.89. The van der Waals surface area contributed by atoms with E-state index in [1.54, 1.807) is 38.4 Å². The zero-order valence-corrected chi connectivity index (χ0v) is 29.8.